The molecule has 0 spiro atoms. The van der Waals surface area contributed by atoms with Crippen molar-refractivity contribution < 1.29 is 23.1 Å². The third-order valence-electron chi connectivity index (χ3n) is 2.43. The van der Waals surface area contributed by atoms with Crippen molar-refractivity contribution in [3.8, 4) is 0 Å². The molecular weight excluding hydrogens is 298 g/mol. The Balaban J connectivity index is 2.44. The van der Waals surface area contributed by atoms with Gasteiger partial charge in [0.1, 0.15) is 15.5 Å². The molecule has 0 bridgehead atoms. The van der Waals surface area contributed by atoms with Gasteiger partial charge in [0.2, 0.25) is 0 Å². The van der Waals surface area contributed by atoms with Gasteiger partial charge in [-0.3, -0.25) is 0 Å². The van der Waals surface area contributed by atoms with Gasteiger partial charge >= 0.3 is 12.0 Å². The third-order valence-corrected chi connectivity index (χ3v) is 3.53. The number of urea groups is 1. The fraction of sp³-hybridized carbons (Fsp3) is 0.417. The number of amides is 2. The van der Waals surface area contributed by atoms with E-state index in [4.69, 9.17) is 5.11 Å². The fourth-order valence-corrected chi connectivity index (χ4v) is 2.60. The van der Waals surface area contributed by atoms with Crippen LogP contribution in [-0.2, 0) is 16.4 Å². The summed E-state index contributed by atoms with van der Waals surface area (Å²) >= 11 is 0. The molecule has 1 rings (SSSR count). The number of carbonyl (C=O) groups is 2. The van der Waals surface area contributed by atoms with Crippen LogP contribution in [0.25, 0.3) is 0 Å². The topological polar surface area (TPSA) is 125 Å². The van der Waals surface area contributed by atoms with Crippen LogP contribution in [0.2, 0.25) is 0 Å². The summed E-state index contributed by atoms with van der Waals surface area (Å²) in [5, 5.41) is 13.7. The lowest BCUT2D eigenvalue weighted by Crippen LogP contribution is -2.43. The zero-order valence-electron chi connectivity index (χ0n) is 11.7. The molecule has 116 valence electrons. The van der Waals surface area contributed by atoms with E-state index < -0.39 is 27.9 Å². The zero-order chi connectivity index (χ0) is 16.0. The van der Waals surface area contributed by atoms with Crippen LogP contribution in [0.1, 0.15) is 23.0 Å². The van der Waals surface area contributed by atoms with Gasteiger partial charge in [0, 0.05) is 25.0 Å². The molecule has 3 N–H and O–H groups in total. The molecule has 1 unspecified atom stereocenters. The summed E-state index contributed by atoms with van der Waals surface area (Å²) in [5.41, 5.74) is 0.552. The maximum Gasteiger partial charge on any atom is 0.354 e. The third kappa shape index (κ3) is 6.70. The first-order valence-electron chi connectivity index (χ1n) is 6.07. The normalized spacial score (nSPS) is 12.5. The fourth-order valence-electron chi connectivity index (χ4n) is 1.61. The van der Waals surface area contributed by atoms with E-state index in [1.807, 2.05) is 0 Å². The van der Waals surface area contributed by atoms with E-state index in [0.29, 0.717) is 5.56 Å². The molecule has 8 nitrogen and oxygen atoms in total. The minimum Gasteiger partial charge on any atom is -0.477 e. The summed E-state index contributed by atoms with van der Waals surface area (Å²) < 4.78 is 22.1. The second-order valence-corrected chi connectivity index (χ2v) is 6.86. The molecule has 0 aliphatic rings. The number of nitrogens with one attached hydrogen (secondary N) is 2. The van der Waals surface area contributed by atoms with Gasteiger partial charge in [0.25, 0.3) is 0 Å². The molecule has 21 heavy (non-hydrogen) atoms. The lowest BCUT2D eigenvalue weighted by atomic mass is 10.2. The molecule has 1 aromatic rings. The second-order valence-electron chi connectivity index (χ2n) is 4.68. The number of rotatable bonds is 6. The smallest absolute Gasteiger partial charge is 0.354 e. The predicted octanol–water partition coefficient (Wildman–Crippen LogP) is 0.0121. The molecule has 0 saturated heterocycles. The Hall–Kier alpha value is -2.16. The molecule has 1 atom stereocenters. The van der Waals surface area contributed by atoms with Crippen molar-refractivity contribution in [1.82, 2.24) is 15.6 Å². The van der Waals surface area contributed by atoms with E-state index in [9.17, 15) is 18.0 Å². The Kier molecular flexibility index (Phi) is 5.65. The van der Waals surface area contributed by atoms with Crippen LogP contribution in [0.5, 0.6) is 0 Å². The van der Waals surface area contributed by atoms with Crippen LogP contribution in [0, 0.1) is 0 Å². The lowest BCUT2D eigenvalue weighted by molar-refractivity contribution is 0.0690. The first-order valence-corrected chi connectivity index (χ1v) is 8.14. The largest absolute Gasteiger partial charge is 0.477 e. The molecule has 0 saturated carbocycles. The molecule has 0 fully saturated rings. The van der Waals surface area contributed by atoms with Gasteiger partial charge in [0.15, 0.2) is 0 Å². The van der Waals surface area contributed by atoms with E-state index in [1.54, 1.807) is 6.92 Å². The quantitative estimate of drug-likeness (QED) is 0.679. The Bertz CT molecular complexity index is 612. The highest BCUT2D eigenvalue weighted by Crippen LogP contribution is 2.00. The van der Waals surface area contributed by atoms with E-state index >= 15 is 0 Å². The van der Waals surface area contributed by atoms with Crippen LogP contribution < -0.4 is 10.6 Å². The maximum atomic E-state index is 11.6. The van der Waals surface area contributed by atoms with Crippen LogP contribution in [0.4, 0.5) is 4.79 Å². The number of hydrogen-bond acceptors (Lipinski definition) is 5. The predicted molar refractivity (Wildman–Crippen MR) is 75.7 cm³/mol. The van der Waals surface area contributed by atoms with Gasteiger partial charge in [-0.2, -0.15) is 0 Å². The van der Waals surface area contributed by atoms with Crippen LogP contribution in [0.3, 0.4) is 0 Å². The van der Waals surface area contributed by atoms with Gasteiger partial charge in [-0.25, -0.2) is 23.0 Å². The highest BCUT2D eigenvalue weighted by atomic mass is 32.2. The minimum absolute atomic E-state index is 0.0787. The Morgan fingerprint density at radius 2 is 2.05 bits per heavy atom. The first-order chi connectivity index (χ1) is 9.67. The van der Waals surface area contributed by atoms with Crippen molar-refractivity contribution in [1.29, 1.82) is 0 Å². The number of nitrogens with zero attached hydrogens (tertiary/aromatic N) is 1. The van der Waals surface area contributed by atoms with Crippen molar-refractivity contribution in [2.24, 2.45) is 0 Å². The van der Waals surface area contributed by atoms with E-state index in [0.717, 1.165) is 6.26 Å². The first kappa shape index (κ1) is 16.9. The zero-order valence-corrected chi connectivity index (χ0v) is 12.5. The summed E-state index contributed by atoms with van der Waals surface area (Å²) in [5.74, 6) is -1.27. The van der Waals surface area contributed by atoms with Gasteiger partial charge < -0.3 is 15.7 Å². The highest BCUT2D eigenvalue weighted by Gasteiger charge is 2.12. The average molecular weight is 315 g/mol. The second kappa shape index (κ2) is 7.02. The Labute approximate surface area is 122 Å². The number of carboxylic acids is 1. The van der Waals surface area contributed by atoms with Gasteiger partial charge in [0.05, 0.1) is 5.75 Å². The highest BCUT2D eigenvalue weighted by molar-refractivity contribution is 7.90. The van der Waals surface area contributed by atoms with Crippen LogP contribution in [-0.4, -0.2) is 48.6 Å². The lowest BCUT2D eigenvalue weighted by Gasteiger charge is -2.13. The van der Waals surface area contributed by atoms with Gasteiger partial charge in [-0.1, -0.05) is 6.07 Å². The summed E-state index contributed by atoms with van der Waals surface area (Å²) in [6, 6.07) is 1.86. The molecule has 0 aromatic carbocycles. The maximum absolute atomic E-state index is 11.6. The number of sulfone groups is 1. The molecule has 2 amide bonds. The SMILES string of the molecule is CC(CS(C)(=O)=O)NC(=O)NCc1ccc(C(=O)O)nc1. The molecule has 0 radical (unpaired) electrons. The molecule has 1 aromatic heterocycles. The molecular formula is C12H17N3O5S. The van der Waals surface area contributed by atoms with Crippen molar-refractivity contribution in [3.05, 3.63) is 29.6 Å². The summed E-state index contributed by atoms with van der Waals surface area (Å²) in [4.78, 5) is 25.9. The number of carboxylic acid groups (broad SMARTS) is 1. The number of hydrogen-bond donors (Lipinski definition) is 3. The van der Waals surface area contributed by atoms with E-state index in [2.05, 4.69) is 15.6 Å². The van der Waals surface area contributed by atoms with Crippen molar-refractivity contribution in [2.75, 3.05) is 12.0 Å². The number of carbonyl (C=O) groups excluding carboxylic acids is 1. The van der Waals surface area contributed by atoms with Crippen LogP contribution >= 0.6 is 0 Å². The molecule has 1 heterocycles. The molecule has 0 aliphatic carbocycles. The monoisotopic (exact) mass is 315 g/mol. The van der Waals surface area contributed by atoms with E-state index in [1.165, 1.54) is 18.3 Å². The number of pyridine rings is 1. The van der Waals surface area contributed by atoms with Crippen LogP contribution in [0.15, 0.2) is 18.3 Å². The van der Waals surface area contributed by atoms with Crippen molar-refractivity contribution >= 4 is 21.8 Å². The summed E-state index contributed by atoms with van der Waals surface area (Å²) in [6.45, 7) is 1.74. The van der Waals surface area contributed by atoms with Crippen molar-refractivity contribution in [2.45, 2.75) is 19.5 Å². The van der Waals surface area contributed by atoms with Crippen molar-refractivity contribution in [3.63, 3.8) is 0 Å². The molecule has 9 heteroatoms. The van der Waals surface area contributed by atoms with Gasteiger partial charge in [-0.05, 0) is 18.6 Å². The minimum atomic E-state index is -3.16. The average Bonchev–Trinajstić information content (AvgIpc) is 2.34. The summed E-state index contributed by atoms with van der Waals surface area (Å²) in [6.07, 6.45) is 2.45. The Morgan fingerprint density at radius 1 is 1.38 bits per heavy atom. The van der Waals surface area contributed by atoms with E-state index in [-0.39, 0.29) is 18.0 Å². The standard InChI is InChI=1S/C12H17N3O5S/c1-8(7-21(2,19)20)15-12(18)14-6-9-3-4-10(11(16)17)13-5-9/h3-5,8H,6-7H2,1-2H3,(H,16,17)(H2,14,15,18). The summed E-state index contributed by atoms with van der Waals surface area (Å²) in [7, 11) is -3.16. The molecule has 0 aliphatic heterocycles. The van der Waals surface area contributed by atoms with Gasteiger partial charge in [-0.15, -0.1) is 0 Å². The number of aromatic carboxylic acids is 1. The Morgan fingerprint density at radius 3 is 2.52 bits per heavy atom. The number of aromatic nitrogens is 1.